The largest absolute Gasteiger partial charge is 0.497 e. The molecule has 0 aliphatic carbocycles. The highest BCUT2D eigenvalue weighted by Gasteiger charge is 2.07. The molecule has 7 nitrogen and oxygen atoms in total. The summed E-state index contributed by atoms with van der Waals surface area (Å²) in [6.07, 6.45) is 0. The van der Waals surface area contributed by atoms with E-state index in [9.17, 15) is 4.79 Å². The van der Waals surface area contributed by atoms with Gasteiger partial charge in [0, 0.05) is 30.6 Å². The Morgan fingerprint density at radius 2 is 2.00 bits per heavy atom. The number of nitrogens with one attached hydrogen (secondary N) is 3. The second kappa shape index (κ2) is 9.76. The average molecular weight is 375 g/mol. The van der Waals surface area contributed by atoms with Crippen LogP contribution in [0.3, 0.4) is 0 Å². The van der Waals surface area contributed by atoms with E-state index in [1.165, 1.54) is 4.88 Å². The number of aryl methyl sites for hydroxylation is 2. The minimum Gasteiger partial charge on any atom is -0.497 e. The van der Waals surface area contributed by atoms with Crippen LogP contribution in [0.2, 0.25) is 0 Å². The minimum atomic E-state index is -0.137. The van der Waals surface area contributed by atoms with Crippen molar-refractivity contribution in [1.82, 2.24) is 20.9 Å². The van der Waals surface area contributed by atoms with Crippen molar-refractivity contribution < 1.29 is 9.53 Å². The number of hydrogen-bond donors (Lipinski definition) is 3. The van der Waals surface area contributed by atoms with Crippen molar-refractivity contribution >= 4 is 23.2 Å². The zero-order chi connectivity index (χ0) is 18.9. The van der Waals surface area contributed by atoms with Crippen LogP contribution in [-0.2, 0) is 6.54 Å². The van der Waals surface area contributed by atoms with E-state index in [-0.39, 0.29) is 5.91 Å². The van der Waals surface area contributed by atoms with Crippen LogP contribution in [0, 0.1) is 13.8 Å². The van der Waals surface area contributed by atoms with Gasteiger partial charge in [0.15, 0.2) is 5.96 Å². The zero-order valence-corrected chi connectivity index (χ0v) is 16.4. The molecule has 2 rings (SSSR count). The summed E-state index contributed by atoms with van der Waals surface area (Å²) in [5, 5.41) is 10.3. The third-order valence-corrected chi connectivity index (χ3v) is 4.81. The fraction of sp³-hybridized carbons (Fsp3) is 0.389. The first kappa shape index (κ1) is 19.7. The number of ether oxygens (including phenoxy) is 1. The van der Waals surface area contributed by atoms with E-state index in [1.807, 2.05) is 6.92 Å². The molecule has 1 aromatic heterocycles. The van der Waals surface area contributed by atoms with Gasteiger partial charge < -0.3 is 20.7 Å². The second-order valence-corrected chi connectivity index (χ2v) is 6.88. The fourth-order valence-electron chi connectivity index (χ4n) is 2.22. The Kier molecular flexibility index (Phi) is 7.40. The van der Waals surface area contributed by atoms with Crippen LogP contribution in [0.5, 0.6) is 5.75 Å². The first-order valence-corrected chi connectivity index (χ1v) is 9.14. The van der Waals surface area contributed by atoms with Crippen molar-refractivity contribution in [1.29, 1.82) is 0 Å². The van der Waals surface area contributed by atoms with Crippen molar-refractivity contribution in [3.8, 4) is 5.75 Å². The average Bonchev–Trinajstić information content (AvgIpc) is 2.98. The molecule has 1 aromatic carbocycles. The molecule has 26 heavy (non-hydrogen) atoms. The summed E-state index contributed by atoms with van der Waals surface area (Å²) in [6.45, 7) is 5.73. The maximum atomic E-state index is 12.1. The molecule has 0 saturated carbocycles. The predicted molar refractivity (Wildman–Crippen MR) is 105 cm³/mol. The number of aromatic nitrogens is 1. The molecule has 2 aromatic rings. The van der Waals surface area contributed by atoms with Gasteiger partial charge in [-0.25, -0.2) is 4.98 Å². The number of guanidine groups is 1. The number of benzene rings is 1. The molecule has 1 heterocycles. The number of carbonyl (C=O) groups is 1. The van der Waals surface area contributed by atoms with Gasteiger partial charge in [-0.2, -0.15) is 0 Å². The van der Waals surface area contributed by atoms with Crippen molar-refractivity contribution in [2.45, 2.75) is 20.4 Å². The van der Waals surface area contributed by atoms with E-state index in [0.29, 0.717) is 36.9 Å². The SMILES string of the molecule is CN=C(NCCNC(=O)c1cccc(OC)c1)NCc1nc(C)c(C)s1. The Morgan fingerprint density at radius 1 is 1.23 bits per heavy atom. The Labute approximate surface area is 157 Å². The molecule has 0 fully saturated rings. The van der Waals surface area contributed by atoms with Crippen molar-refractivity contribution in [3.63, 3.8) is 0 Å². The third kappa shape index (κ3) is 5.73. The van der Waals surface area contributed by atoms with Crippen LogP contribution >= 0.6 is 11.3 Å². The standard InChI is InChI=1S/C18H25N5O2S/c1-12-13(2)26-16(23-12)11-22-18(19-3)21-9-8-20-17(24)14-6-5-7-15(10-14)25-4/h5-7,10H,8-9,11H2,1-4H3,(H,20,24)(H2,19,21,22). The molecule has 8 heteroatoms. The minimum absolute atomic E-state index is 0.137. The number of amides is 1. The lowest BCUT2D eigenvalue weighted by Crippen LogP contribution is -2.41. The maximum absolute atomic E-state index is 12.1. The Bertz CT molecular complexity index is 753. The number of aliphatic imine (C=N–C) groups is 1. The Balaban J connectivity index is 1.72. The number of methoxy groups -OCH3 is 1. The lowest BCUT2D eigenvalue weighted by atomic mass is 10.2. The molecule has 0 radical (unpaired) electrons. The molecular weight excluding hydrogens is 350 g/mol. The summed E-state index contributed by atoms with van der Waals surface area (Å²) in [5.74, 6) is 1.20. The van der Waals surface area contributed by atoms with E-state index in [2.05, 4.69) is 32.9 Å². The summed E-state index contributed by atoms with van der Waals surface area (Å²) in [5.41, 5.74) is 1.64. The van der Waals surface area contributed by atoms with Crippen molar-refractivity contribution in [2.75, 3.05) is 27.2 Å². The van der Waals surface area contributed by atoms with Gasteiger partial charge in [-0.3, -0.25) is 9.79 Å². The highest BCUT2D eigenvalue weighted by molar-refractivity contribution is 7.11. The lowest BCUT2D eigenvalue weighted by Gasteiger charge is -2.11. The number of thiazole rings is 1. The van der Waals surface area contributed by atoms with Crippen LogP contribution < -0.4 is 20.7 Å². The number of rotatable bonds is 7. The first-order valence-electron chi connectivity index (χ1n) is 8.33. The molecule has 0 aliphatic rings. The van der Waals surface area contributed by atoms with Gasteiger partial charge in [-0.1, -0.05) is 6.07 Å². The van der Waals surface area contributed by atoms with E-state index in [0.717, 1.165) is 10.7 Å². The molecule has 1 amide bonds. The van der Waals surface area contributed by atoms with Crippen molar-refractivity contribution in [2.24, 2.45) is 4.99 Å². The van der Waals surface area contributed by atoms with Crippen LogP contribution in [-0.4, -0.2) is 44.1 Å². The summed E-state index contributed by atoms with van der Waals surface area (Å²) in [6, 6.07) is 7.06. The number of hydrogen-bond acceptors (Lipinski definition) is 5. The summed E-state index contributed by atoms with van der Waals surface area (Å²) in [7, 11) is 3.29. The van der Waals surface area contributed by atoms with E-state index < -0.39 is 0 Å². The quantitative estimate of drug-likeness (QED) is 0.391. The fourth-order valence-corrected chi connectivity index (χ4v) is 3.09. The van der Waals surface area contributed by atoms with Gasteiger partial charge in [-0.15, -0.1) is 11.3 Å². The Morgan fingerprint density at radius 3 is 2.65 bits per heavy atom. The molecule has 0 saturated heterocycles. The van der Waals surface area contributed by atoms with E-state index in [1.54, 1.807) is 49.8 Å². The molecule has 0 aliphatic heterocycles. The topological polar surface area (TPSA) is 87.6 Å². The van der Waals surface area contributed by atoms with E-state index in [4.69, 9.17) is 4.74 Å². The second-order valence-electron chi connectivity index (χ2n) is 5.59. The smallest absolute Gasteiger partial charge is 0.251 e. The summed E-state index contributed by atoms with van der Waals surface area (Å²) < 4.78 is 5.13. The van der Waals surface area contributed by atoms with Crippen LogP contribution in [0.15, 0.2) is 29.3 Å². The summed E-state index contributed by atoms with van der Waals surface area (Å²) >= 11 is 1.68. The normalized spacial score (nSPS) is 11.2. The molecule has 0 atom stereocenters. The first-order chi connectivity index (χ1) is 12.5. The van der Waals surface area contributed by atoms with Crippen LogP contribution in [0.4, 0.5) is 0 Å². The van der Waals surface area contributed by atoms with Crippen LogP contribution in [0.1, 0.15) is 25.9 Å². The van der Waals surface area contributed by atoms with Gasteiger partial charge in [0.25, 0.3) is 5.91 Å². The number of carbonyl (C=O) groups excluding carboxylic acids is 1. The van der Waals surface area contributed by atoms with Gasteiger partial charge >= 0.3 is 0 Å². The molecular formula is C18H25N5O2S. The van der Waals surface area contributed by atoms with Crippen molar-refractivity contribution in [3.05, 3.63) is 45.4 Å². The highest BCUT2D eigenvalue weighted by Crippen LogP contribution is 2.15. The molecule has 0 bridgehead atoms. The zero-order valence-electron chi connectivity index (χ0n) is 15.5. The maximum Gasteiger partial charge on any atom is 0.251 e. The Hall–Kier alpha value is -2.61. The van der Waals surface area contributed by atoms with Crippen LogP contribution in [0.25, 0.3) is 0 Å². The van der Waals surface area contributed by atoms with E-state index >= 15 is 0 Å². The highest BCUT2D eigenvalue weighted by atomic mass is 32.1. The monoisotopic (exact) mass is 375 g/mol. The lowest BCUT2D eigenvalue weighted by molar-refractivity contribution is 0.0954. The summed E-state index contributed by atoms with van der Waals surface area (Å²) in [4.78, 5) is 22.0. The predicted octanol–water partition coefficient (Wildman–Crippen LogP) is 1.86. The molecule has 3 N–H and O–H groups in total. The van der Waals surface area contributed by atoms with Gasteiger partial charge in [0.2, 0.25) is 0 Å². The molecule has 0 spiro atoms. The number of nitrogens with zero attached hydrogens (tertiary/aromatic N) is 2. The third-order valence-electron chi connectivity index (χ3n) is 3.74. The van der Waals surface area contributed by atoms with Gasteiger partial charge in [0.05, 0.1) is 19.3 Å². The van der Waals surface area contributed by atoms with Gasteiger partial charge in [0.1, 0.15) is 10.8 Å². The molecule has 140 valence electrons. The molecule has 0 unspecified atom stereocenters. The van der Waals surface area contributed by atoms with Gasteiger partial charge in [-0.05, 0) is 32.0 Å².